The zero-order valence-corrected chi connectivity index (χ0v) is 19.5. The summed E-state index contributed by atoms with van der Waals surface area (Å²) < 4.78 is 15.2. The normalized spacial score (nSPS) is 25.1. The quantitative estimate of drug-likeness (QED) is 0.451. The van der Waals surface area contributed by atoms with Gasteiger partial charge in [-0.2, -0.15) is 5.10 Å². The van der Waals surface area contributed by atoms with Crippen LogP contribution >= 0.6 is 23.2 Å². The van der Waals surface area contributed by atoms with E-state index >= 15 is 0 Å². The highest BCUT2D eigenvalue weighted by Crippen LogP contribution is 2.57. The van der Waals surface area contributed by atoms with E-state index in [9.17, 15) is 9.18 Å². The summed E-state index contributed by atoms with van der Waals surface area (Å²) in [5, 5.41) is 8.96. The molecule has 3 aromatic rings. The third-order valence-electron chi connectivity index (χ3n) is 7.61. The summed E-state index contributed by atoms with van der Waals surface area (Å²) in [5.41, 5.74) is 4.36. The standard InChI is InChI=1S/C26H24Cl2FN3O/c27-19-3-6-22(21(28)12-19)32-25-18-10-15-7-16(11-18)9-17(8-15)23(25)24(31-32)26(33)30-13-14-1-4-20(29)5-2-14/h1-6,12,15-18H,7-11,13H2,(H,30,33). The molecule has 4 bridgehead atoms. The van der Waals surface area contributed by atoms with Gasteiger partial charge in [0.1, 0.15) is 5.82 Å². The molecule has 2 fully saturated rings. The lowest BCUT2D eigenvalue weighted by Crippen LogP contribution is -2.28. The van der Waals surface area contributed by atoms with E-state index in [-0.39, 0.29) is 11.7 Å². The molecule has 4 aliphatic carbocycles. The molecule has 1 amide bonds. The Morgan fingerprint density at radius 2 is 1.70 bits per heavy atom. The van der Waals surface area contributed by atoms with Crippen molar-refractivity contribution in [1.82, 2.24) is 15.1 Å². The average molecular weight is 484 g/mol. The monoisotopic (exact) mass is 483 g/mol. The van der Waals surface area contributed by atoms with Crippen molar-refractivity contribution in [2.45, 2.75) is 50.5 Å². The van der Waals surface area contributed by atoms with E-state index in [2.05, 4.69) is 5.32 Å². The second-order valence-corrected chi connectivity index (χ2v) is 10.6. The molecule has 2 aromatic carbocycles. The van der Waals surface area contributed by atoms with E-state index < -0.39 is 0 Å². The summed E-state index contributed by atoms with van der Waals surface area (Å²) in [5.74, 6) is 1.67. The van der Waals surface area contributed by atoms with E-state index in [1.165, 1.54) is 18.6 Å². The topological polar surface area (TPSA) is 46.9 Å². The first-order chi connectivity index (χ1) is 16.0. The Balaban J connectivity index is 1.42. The number of aromatic nitrogens is 2. The lowest BCUT2D eigenvalue weighted by atomic mass is 9.67. The van der Waals surface area contributed by atoms with Crippen LogP contribution in [-0.2, 0) is 6.54 Å². The molecule has 2 saturated carbocycles. The molecule has 1 aromatic heterocycles. The minimum absolute atomic E-state index is 0.194. The van der Waals surface area contributed by atoms with Crippen LogP contribution in [0.3, 0.4) is 0 Å². The maximum atomic E-state index is 13.4. The molecular weight excluding hydrogens is 460 g/mol. The van der Waals surface area contributed by atoms with Gasteiger partial charge in [0.15, 0.2) is 5.69 Å². The molecule has 7 heteroatoms. The van der Waals surface area contributed by atoms with Crippen LogP contribution in [0.25, 0.3) is 5.69 Å². The Kier molecular flexibility index (Phi) is 5.22. The van der Waals surface area contributed by atoms with Crippen molar-refractivity contribution in [3.8, 4) is 5.69 Å². The van der Waals surface area contributed by atoms with Crippen LogP contribution in [0, 0.1) is 17.7 Å². The van der Waals surface area contributed by atoms with E-state index in [1.807, 2.05) is 16.8 Å². The molecule has 170 valence electrons. The number of rotatable bonds is 4. The molecule has 2 atom stereocenters. The van der Waals surface area contributed by atoms with Gasteiger partial charge in [0.2, 0.25) is 0 Å². The second-order valence-electron chi connectivity index (χ2n) is 9.77. The van der Waals surface area contributed by atoms with Gasteiger partial charge in [0.05, 0.1) is 16.4 Å². The Labute approximate surface area is 202 Å². The zero-order valence-electron chi connectivity index (χ0n) is 18.0. The highest BCUT2D eigenvalue weighted by molar-refractivity contribution is 6.35. The van der Waals surface area contributed by atoms with E-state index in [0.717, 1.165) is 48.2 Å². The first kappa shape index (κ1) is 21.2. The number of amides is 1. The van der Waals surface area contributed by atoms with Gasteiger partial charge in [0, 0.05) is 23.0 Å². The number of nitrogens with one attached hydrogen (secondary N) is 1. The number of benzene rings is 2. The van der Waals surface area contributed by atoms with Crippen molar-refractivity contribution in [2.75, 3.05) is 0 Å². The van der Waals surface area contributed by atoms with E-state index in [4.69, 9.17) is 28.3 Å². The van der Waals surface area contributed by atoms with Crippen molar-refractivity contribution in [1.29, 1.82) is 0 Å². The molecule has 0 radical (unpaired) electrons. The van der Waals surface area contributed by atoms with Crippen LogP contribution in [0.1, 0.15) is 71.2 Å². The van der Waals surface area contributed by atoms with Crippen molar-refractivity contribution >= 4 is 29.1 Å². The van der Waals surface area contributed by atoms with Crippen LogP contribution in [-0.4, -0.2) is 15.7 Å². The van der Waals surface area contributed by atoms with Crippen molar-refractivity contribution in [2.24, 2.45) is 11.8 Å². The van der Waals surface area contributed by atoms with Gasteiger partial charge in [-0.3, -0.25) is 4.79 Å². The average Bonchev–Trinajstić information content (AvgIpc) is 3.09. The van der Waals surface area contributed by atoms with Crippen LogP contribution in [0.2, 0.25) is 10.0 Å². The van der Waals surface area contributed by atoms with Crippen molar-refractivity contribution in [3.05, 3.63) is 80.8 Å². The fraction of sp³-hybridized carbons (Fsp3) is 0.385. The number of carbonyl (C=O) groups excluding carboxylic acids is 1. The number of carbonyl (C=O) groups is 1. The molecule has 2 unspecified atom stereocenters. The molecule has 1 heterocycles. The molecule has 7 rings (SSSR count). The van der Waals surface area contributed by atoms with E-state index in [1.54, 1.807) is 18.2 Å². The van der Waals surface area contributed by atoms with Gasteiger partial charge in [-0.25, -0.2) is 9.07 Å². The van der Waals surface area contributed by atoms with Gasteiger partial charge in [0.25, 0.3) is 5.91 Å². The fourth-order valence-electron chi connectivity index (χ4n) is 6.42. The van der Waals surface area contributed by atoms with Crippen LogP contribution in [0.4, 0.5) is 4.39 Å². The fourth-order valence-corrected chi connectivity index (χ4v) is 6.91. The summed E-state index contributed by atoms with van der Waals surface area (Å²) in [7, 11) is 0. The summed E-state index contributed by atoms with van der Waals surface area (Å²) in [6, 6.07) is 11.6. The summed E-state index contributed by atoms with van der Waals surface area (Å²) >= 11 is 12.7. The van der Waals surface area contributed by atoms with Crippen molar-refractivity contribution < 1.29 is 9.18 Å². The Morgan fingerprint density at radius 3 is 2.39 bits per heavy atom. The second kappa shape index (κ2) is 8.14. The minimum atomic E-state index is -0.292. The largest absolute Gasteiger partial charge is 0.347 e. The third-order valence-corrected chi connectivity index (χ3v) is 8.15. The molecule has 4 nitrogen and oxygen atoms in total. The van der Waals surface area contributed by atoms with Crippen molar-refractivity contribution in [3.63, 3.8) is 0 Å². The van der Waals surface area contributed by atoms with Gasteiger partial charge in [-0.05, 0) is 85.8 Å². The molecule has 4 aliphatic rings. The van der Waals surface area contributed by atoms with Gasteiger partial charge < -0.3 is 5.32 Å². The molecule has 33 heavy (non-hydrogen) atoms. The third kappa shape index (κ3) is 3.75. The number of hydrogen-bond donors (Lipinski definition) is 1. The van der Waals surface area contributed by atoms with Crippen LogP contribution in [0.5, 0.6) is 0 Å². The van der Waals surface area contributed by atoms with Gasteiger partial charge >= 0.3 is 0 Å². The molecule has 1 N–H and O–H groups in total. The summed E-state index contributed by atoms with van der Waals surface area (Å²) in [6.07, 6.45) is 5.84. The lowest BCUT2D eigenvalue weighted by Gasteiger charge is -2.38. The SMILES string of the molecule is O=C(NCc1ccc(F)cc1)c1nn(-c2ccc(Cl)cc2Cl)c2c1C1CC3CC(C1)CC2C3. The molecular formula is C26H24Cl2FN3O. The van der Waals surface area contributed by atoms with Gasteiger partial charge in [-0.15, -0.1) is 0 Å². The molecule has 0 saturated heterocycles. The van der Waals surface area contributed by atoms with Gasteiger partial charge in [-0.1, -0.05) is 35.3 Å². The van der Waals surface area contributed by atoms with E-state index in [0.29, 0.717) is 46.0 Å². The van der Waals surface area contributed by atoms with Crippen LogP contribution < -0.4 is 5.32 Å². The van der Waals surface area contributed by atoms with Crippen LogP contribution in [0.15, 0.2) is 42.5 Å². The summed E-state index contributed by atoms with van der Waals surface area (Å²) in [6.45, 7) is 0.321. The molecule has 0 aliphatic heterocycles. The predicted octanol–water partition coefficient (Wildman–Crippen LogP) is 6.64. The number of hydrogen-bond acceptors (Lipinski definition) is 2. The molecule has 0 spiro atoms. The Morgan fingerprint density at radius 1 is 1.00 bits per heavy atom. The maximum Gasteiger partial charge on any atom is 0.272 e. The highest BCUT2D eigenvalue weighted by Gasteiger charge is 2.46. The smallest absolute Gasteiger partial charge is 0.272 e. The minimum Gasteiger partial charge on any atom is -0.347 e. The summed E-state index contributed by atoms with van der Waals surface area (Å²) in [4.78, 5) is 13.4. The first-order valence-electron chi connectivity index (χ1n) is 11.6. The Hall–Kier alpha value is -2.37. The predicted molar refractivity (Wildman–Crippen MR) is 127 cm³/mol. The maximum absolute atomic E-state index is 13.4. The number of nitrogens with zero attached hydrogens (tertiary/aromatic N) is 2. The highest BCUT2D eigenvalue weighted by atomic mass is 35.5. The first-order valence-corrected chi connectivity index (χ1v) is 12.3. The Bertz CT molecular complexity index is 1230. The lowest BCUT2D eigenvalue weighted by molar-refractivity contribution is 0.0942. The zero-order chi connectivity index (χ0) is 22.7. The number of halogens is 3.